The van der Waals surface area contributed by atoms with Crippen molar-refractivity contribution in [3.63, 3.8) is 0 Å². The topological polar surface area (TPSA) is 49.3 Å². The third kappa shape index (κ3) is 4.95. The molecule has 3 nitrogen and oxygen atoms in total. The van der Waals surface area contributed by atoms with Gasteiger partial charge in [0.15, 0.2) is 0 Å². The molecule has 0 saturated carbocycles. The molecule has 0 unspecified atom stereocenters. The molecule has 0 aliphatic rings. The van der Waals surface area contributed by atoms with E-state index in [-0.39, 0.29) is 12.5 Å². The zero-order valence-electron chi connectivity index (χ0n) is 10.8. The van der Waals surface area contributed by atoms with Crippen LogP contribution in [0.4, 0.5) is 0 Å². The lowest BCUT2D eigenvalue weighted by Crippen LogP contribution is -2.42. The first-order valence-corrected chi connectivity index (χ1v) is 9.21. The highest BCUT2D eigenvalue weighted by Gasteiger charge is 2.23. The van der Waals surface area contributed by atoms with E-state index in [1.165, 1.54) is 0 Å². The number of carbonyl (C=O) groups is 1. The summed E-state index contributed by atoms with van der Waals surface area (Å²) < 4.78 is 3.05. The number of carbonyl (C=O) groups excluding carboxylic acids is 1. The van der Waals surface area contributed by atoms with Gasteiger partial charge in [-0.2, -0.15) is 0 Å². The SMILES string of the molecule is CCC(O)(CC)CNC(=O)c1cc(I)cc(I)c1I. The van der Waals surface area contributed by atoms with Crippen molar-refractivity contribution < 1.29 is 9.90 Å². The molecule has 1 aromatic carbocycles. The molecule has 0 heterocycles. The summed E-state index contributed by atoms with van der Waals surface area (Å²) >= 11 is 6.61. The number of rotatable bonds is 5. The van der Waals surface area contributed by atoms with Crippen molar-refractivity contribution in [3.8, 4) is 0 Å². The molecule has 1 amide bonds. The first-order valence-electron chi connectivity index (χ1n) is 5.98. The highest BCUT2D eigenvalue weighted by molar-refractivity contribution is 14.1. The Bertz CT molecular complexity index is 473. The normalized spacial score (nSPS) is 11.5. The third-order valence-electron chi connectivity index (χ3n) is 3.13. The summed E-state index contributed by atoms with van der Waals surface area (Å²) in [5.74, 6) is -0.124. The summed E-state index contributed by atoms with van der Waals surface area (Å²) in [4.78, 5) is 12.2. The summed E-state index contributed by atoms with van der Waals surface area (Å²) in [6, 6.07) is 3.91. The van der Waals surface area contributed by atoms with E-state index in [1.54, 1.807) is 0 Å². The Labute approximate surface area is 154 Å². The third-order valence-corrected chi connectivity index (χ3v) is 6.80. The minimum Gasteiger partial charge on any atom is -0.388 e. The second-order valence-electron chi connectivity index (χ2n) is 4.36. The van der Waals surface area contributed by atoms with E-state index in [0.29, 0.717) is 18.4 Å². The highest BCUT2D eigenvalue weighted by atomic mass is 127. The molecule has 0 aliphatic carbocycles. The molecule has 1 aromatic rings. The van der Waals surface area contributed by atoms with Crippen LogP contribution >= 0.6 is 67.8 Å². The van der Waals surface area contributed by atoms with Gasteiger partial charge in [0, 0.05) is 17.3 Å². The molecular weight excluding hydrogens is 583 g/mol. The van der Waals surface area contributed by atoms with E-state index in [4.69, 9.17) is 0 Å². The van der Waals surface area contributed by atoms with Gasteiger partial charge in [0.25, 0.3) is 5.91 Å². The van der Waals surface area contributed by atoms with E-state index < -0.39 is 5.60 Å². The standard InChI is InChI=1S/C13H16I3NO2/c1-3-13(19,4-2)7-17-12(18)9-5-8(14)6-10(15)11(9)16/h5-6,19H,3-4,7H2,1-2H3,(H,17,18). The smallest absolute Gasteiger partial charge is 0.252 e. The van der Waals surface area contributed by atoms with Gasteiger partial charge in [0.2, 0.25) is 0 Å². The maximum Gasteiger partial charge on any atom is 0.252 e. The number of nitrogens with one attached hydrogen (secondary N) is 1. The van der Waals surface area contributed by atoms with Crippen LogP contribution in [0, 0.1) is 10.7 Å². The van der Waals surface area contributed by atoms with E-state index in [0.717, 1.165) is 10.7 Å². The minimum atomic E-state index is -0.809. The van der Waals surface area contributed by atoms with Gasteiger partial charge in [-0.3, -0.25) is 4.79 Å². The van der Waals surface area contributed by atoms with Crippen LogP contribution in [0.3, 0.4) is 0 Å². The van der Waals surface area contributed by atoms with Gasteiger partial charge in [-0.15, -0.1) is 0 Å². The van der Waals surface area contributed by atoms with Gasteiger partial charge in [-0.1, -0.05) is 13.8 Å². The van der Waals surface area contributed by atoms with Crippen molar-refractivity contribution >= 4 is 73.7 Å². The lowest BCUT2D eigenvalue weighted by Gasteiger charge is -2.25. The molecule has 0 atom stereocenters. The molecule has 0 aromatic heterocycles. The van der Waals surface area contributed by atoms with Gasteiger partial charge in [0.1, 0.15) is 0 Å². The van der Waals surface area contributed by atoms with E-state index in [1.807, 2.05) is 26.0 Å². The Morgan fingerprint density at radius 2 is 1.84 bits per heavy atom. The molecular formula is C13H16I3NO2. The van der Waals surface area contributed by atoms with E-state index >= 15 is 0 Å². The van der Waals surface area contributed by atoms with Crippen molar-refractivity contribution in [3.05, 3.63) is 28.4 Å². The van der Waals surface area contributed by atoms with Gasteiger partial charge in [-0.25, -0.2) is 0 Å². The fourth-order valence-electron chi connectivity index (χ4n) is 1.56. The number of hydrogen-bond acceptors (Lipinski definition) is 2. The second kappa shape index (κ2) is 7.74. The fraction of sp³-hybridized carbons (Fsp3) is 0.462. The lowest BCUT2D eigenvalue weighted by molar-refractivity contribution is 0.0314. The largest absolute Gasteiger partial charge is 0.388 e. The molecule has 2 N–H and O–H groups in total. The summed E-state index contributed by atoms with van der Waals surface area (Å²) in [6.45, 7) is 4.14. The summed E-state index contributed by atoms with van der Waals surface area (Å²) in [5, 5.41) is 13.0. The summed E-state index contributed by atoms with van der Waals surface area (Å²) in [7, 11) is 0. The molecule has 0 bridgehead atoms. The quantitative estimate of drug-likeness (QED) is 0.401. The zero-order chi connectivity index (χ0) is 14.6. The van der Waals surface area contributed by atoms with E-state index in [9.17, 15) is 9.90 Å². The second-order valence-corrected chi connectivity index (χ2v) is 7.85. The zero-order valence-corrected chi connectivity index (χ0v) is 17.2. The Hall–Kier alpha value is 0.840. The first kappa shape index (κ1) is 17.9. The summed E-state index contributed by atoms with van der Waals surface area (Å²) in [6.07, 6.45) is 1.26. The number of hydrogen-bond donors (Lipinski definition) is 2. The maximum absolute atomic E-state index is 12.2. The monoisotopic (exact) mass is 599 g/mol. The van der Waals surface area contributed by atoms with E-state index in [2.05, 4.69) is 73.1 Å². The van der Waals surface area contributed by atoms with Crippen LogP contribution in [0.5, 0.6) is 0 Å². The van der Waals surface area contributed by atoms with Crippen molar-refractivity contribution in [2.24, 2.45) is 0 Å². The van der Waals surface area contributed by atoms with Gasteiger partial charge in [-0.05, 0) is 92.7 Å². The molecule has 106 valence electrons. The van der Waals surface area contributed by atoms with Gasteiger partial charge in [0.05, 0.1) is 11.2 Å². The number of aliphatic hydroxyl groups is 1. The highest BCUT2D eigenvalue weighted by Crippen LogP contribution is 2.23. The number of halogens is 3. The Morgan fingerprint density at radius 3 is 2.37 bits per heavy atom. The van der Waals surface area contributed by atoms with Gasteiger partial charge < -0.3 is 10.4 Å². The molecule has 19 heavy (non-hydrogen) atoms. The van der Waals surface area contributed by atoms with Crippen LogP contribution in [0.1, 0.15) is 37.0 Å². The van der Waals surface area contributed by atoms with Crippen LogP contribution in [0.2, 0.25) is 0 Å². The predicted molar refractivity (Wildman–Crippen MR) is 102 cm³/mol. The Balaban J connectivity index is 2.85. The molecule has 1 rings (SSSR count). The van der Waals surface area contributed by atoms with Crippen molar-refractivity contribution in [2.75, 3.05) is 6.54 Å². The van der Waals surface area contributed by atoms with Crippen molar-refractivity contribution in [1.82, 2.24) is 5.32 Å². The molecule has 6 heteroatoms. The van der Waals surface area contributed by atoms with Crippen LogP contribution in [0.15, 0.2) is 12.1 Å². The molecule has 0 saturated heterocycles. The average molecular weight is 599 g/mol. The molecule has 0 radical (unpaired) electrons. The molecule has 0 aliphatic heterocycles. The van der Waals surface area contributed by atoms with Crippen LogP contribution < -0.4 is 5.32 Å². The van der Waals surface area contributed by atoms with Crippen LogP contribution in [-0.2, 0) is 0 Å². The Kier molecular flexibility index (Phi) is 7.28. The van der Waals surface area contributed by atoms with Gasteiger partial charge >= 0.3 is 0 Å². The minimum absolute atomic E-state index is 0.124. The first-order chi connectivity index (χ1) is 8.83. The summed E-state index contributed by atoms with van der Waals surface area (Å²) in [5.41, 5.74) is -0.137. The molecule has 0 fully saturated rings. The van der Waals surface area contributed by atoms with Crippen molar-refractivity contribution in [2.45, 2.75) is 32.3 Å². The molecule has 0 spiro atoms. The maximum atomic E-state index is 12.2. The van der Waals surface area contributed by atoms with Crippen LogP contribution in [0.25, 0.3) is 0 Å². The number of benzene rings is 1. The predicted octanol–water partition coefficient (Wildman–Crippen LogP) is 3.78. The average Bonchev–Trinajstić information content (AvgIpc) is 2.39. The lowest BCUT2D eigenvalue weighted by atomic mass is 9.97. The Morgan fingerprint density at radius 1 is 1.26 bits per heavy atom. The van der Waals surface area contributed by atoms with Crippen molar-refractivity contribution in [1.29, 1.82) is 0 Å². The van der Waals surface area contributed by atoms with Crippen LogP contribution in [-0.4, -0.2) is 23.2 Å². The number of amides is 1. The fourth-order valence-corrected chi connectivity index (χ4v) is 3.96.